The number of aromatic nitrogens is 1. The lowest BCUT2D eigenvalue weighted by atomic mass is 9.92. The molecule has 0 amide bonds. The molecule has 0 bridgehead atoms. The molecule has 30 heavy (non-hydrogen) atoms. The standard InChI is InChI=1S/C28H19NS/c1-18-10-15-25-26(16-18)30-28(29-25)20-13-11-19(12-14-20)27-23-8-4-2-6-21(23)17-22-7-3-5-9-24(22)27/h2-17H,1H3. The van der Waals surface area contributed by atoms with E-state index < -0.39 is 0 Å². The lowest BCUT2D eigenvalue weighted by molar-refractivity contribution is 1.45. The largest absolute Gasteiger partial charge is 0.236 e. The molecule has 0 radical (unpaired) electrons. The van der Waals surface area contributed by atoms with Crippen molar-refractivity contribution in [1.82, 2.24) is 4.98 Å². The first-order valence-electron chi connectivity index (χ1n) is 10.1. The van der Waals surface area contributed by atoms with Gasteiger partial charge in [-0.1, -0.05) is 78.9 Å². The minimum absolute atomic E-state index is 1.07. The minimum atomic E-state index is 1.07. The second-order valence-electron chi connectivity index (χ2n) is 7.76. The molecular weight excluding hydrogens is 382 g/mol. The number of fused-ring (bicyclic) bond motifs is 3. The quantitative estimate of drug-likeness (QED) is 0.266. The van der Waals surface area contributed by atoms with Gasteiger partial charge >= 0.3 is 0 Å². The summed E-state index contributed by atoms with van der Waals surface area (Å²) in [7, 11) is 0. The molecule has 0 N–H and O–H groups in total. The molecule has 0 spiro atoms. The van der Waals surface area contributed by atoms with Crippen molar-refractivity contribution in [2.24, 2.45) is 0 Å². The van der Waals surface area contributed by atoms with Gasteiger partial charge in [-0.2, -0.15) is 0 Å². The zero-order valence-corrected chi connectivity index (χ0v) is 17.4. The molecule has 1 aromatic heterocycles. The summed E-state index contributed by atoms with van der Waals surface area (Å²) in [5, 5.41) is 6.21. The maximum absolute atomic E-state index is 4.84. The topological polar surface area (TPSA) is 12.9 Å². The van der Waals surface area contributed by atoms with Crippen molar-refractivity contribution in [2.75, 3.05) is 0 Å². The second-order valence-corrected chi connectivity index (χ2v) is 8.79. The zero-order valence-electron chi connectivity index (χ0n) is 16.6. The molecular formula is C28H19NS. The summed E-state index contributed by atoms with van der Waals surface area (Å²) in [6.07, 6.45) is 0. The van der Waals surface area contributed by atoms with Gasteiger partial charge < -0.3 is 0 Å². The molecule has 0 aliphatic rings. The molecule has 0 atom stereocenters. The van der Waals surface area contributed by atoms with E-state index in [0.717, 1.165) is 10.5 Å². The van der Waals surface area contributed by atoms with E-state index in [4.69, 9.17) is 4.98 Å². The lowest BCUT2D eigenvalue weighted by Gasteiger charge is -2.12. The van der Waals surface area contributed by atoms with Crippen LogP contribution in [0.3, 0.4) is 0 Å². The molecule has 0 saturated heterocycles. The van der Waals surface area contributed by atoms with Crippen LogP contribution in [-0.4, -0.2) is 4.98 Å². The fraction of sp³-hybridized carbons (Fsp3) is 0.0357. The van der Waals surface area contributed by atoms with E-state index in [0.29, 0.717) is 0 Å². The van der Waals surface area contributed by atoms with E-state index in [1.54, 1.807) is 11.3 Å². The maximum atomic E-state index is 4.84. The highest BCUT2D eigenvalue weighted by Crippen LogP contribution is 2.38. The average molecular weight is 402 g/mol. The summed E-state index contributed by atoms with van der Waals surface area (Å²) < 4.78 is 1.24. The molecule has 0 unspecified atom stereocenters. The zero-order chi connectivity index (χ0) is 20.1. The third kappa shape index (κ3) is 2.80. The van der Waals surface area contributed by atoms with Crippen molar-refractivity contribution >= 4 is 43.1 Å². The number of benzene rings is 5. The molecule has 2 heteroatoms. The first kappa shape index (κ1) is 17.4. The van der Waals surface area contributed by atoms with Gasteiger partial charge in [0.15, 0.2) is 0 Å². The van der Waals surface area contributed by atoms with E-state index in [9.17, 15) is 0 Å². The Morgan fingerprint density at radius 2 is 1.27 bits per heavy atom. The van der Waals surface area contributed by atoms with Crippen LogP contribution in [0.15, 0.2) is 97.1 Å². The summed E-state index contributed by atoms with van der Waals surface area (Å²) in [6.45, 7) is 2.13. The predicted octanol–water partition coefficient (Wildman–Crippen LogP) is 8.25. The summed E-state index contributed by atoms with van der Waals surface area (Å²) in [5.41, 5.74) is 6.06. The summed E-state index contributed by atoms with van der Waals surface area (Å²) in [5.74, 6) is 0. The summed E-state index contributed by atoms with van der Waals surface area (Å²) in [6, 6.07) is 34.9. The lowest BCUT2D eigenvalue weighted by Crippen LogP contribution is -1.86. The van der Waals surface area contributed by atoms with Crippen molar-refractivity contribution in [3.05, 3.63) is 103 Å². The van der Waals surface area contributed by atoms with Gasteiger partial charge in [0.25, 0.3) is 0 Å². The van der Waals surface area contributed by atoms with Crippen LogP contribution >= 0.6 is 11.3 Å². The fourth-order valence-corrected chi connectivity index (χ4v) is 5.33. The molecule has 6 aromatic rings. The third-order valence-corrected chi connectivity index (χ3v) is 6.80. The predicted molar refractivity (Wildman–Crippen MR) is 130 cm³/mol. The van der Waals surface area contributed by atoms with Crippen LogP contribution in [-0.2, 0) is 0 Å². The minimum Gasteiger partial charge on any atom is -0.236 e. The van der Waals surface area contributed by atoms with Gasteiger partial charge in [-0.15, -0.1) is 11.3 Å². The van der Waals surface area contributed by atoms with E-state index in [1.807, 2.05) is 0 Å². The Hall–Kier alpha value is -3.49. The van der Waals surface area contributed by atoms with Gasteiger partial charge in [0.05, 0.1) is 10.2 Å². The third-order valence-electron chi connectivity index (χ3n) is 5.74. The Morgan fingerprint density at radius 1 is 0.633 bits per heavy atom. The van der Waals surface area contributed by atoms with Crippen LogP contribution in [0.5, 0.6) is 0 Å². The van der Waals surface area contributed by atoms with Crippen molar-refractivity contribution in [1.29, 1.82) is 0 Å². The molecule has 1 heterocycles. The molecule has 5 aromatic carbocycles. The first-order chi connectivity index (χ1) is 14.8. The van der Waals surface area contributed by atoms with E-state index >= 15 is 0 Å². The second kappa shape index (κ2) is 6.79. The summed E-state index contributed by atoms with van der Waals surface area (Å²) >= 11 is 1.76. The van der Waals surface area contributed by atoms with Crippen LogP contribution in [0.25, 0.3) is 53.5 Å². The van der Waals surface area contributed by atoms with Crippen LogP contribution in [0.4, 0.5) is 0 Å². The van der Waals surface area contributed by atoms with Crippen LogP contribution in [0, 0.1) is 6.92 Å². The summed E-state index contributed by atoms with van der Waals surface area (Å²) in [4.78, 5) is 4.84. The Kier molecular flexibility index (Phi) is 3.93. The van der Waals surface area contributed by atoms with Gasteiger partial charge in [-0.05, 0) is 63.4 Å². The first-order valence-corrected chi connectivity index (χ1v) is 11.0. The van der Waals surface area contributed by atoms with Crippen molar-refractivity contribution in [2.45, 2.75) is 6.92 Å². The monoisotopic (exact) mass is 401 g/mol. The SMILES string of the molecule is Cc1ccc2nc(-c3ccc(-c4c5ccccc5cc5ccccc45)cc3)sc2c1. The molecule has 6 rings (SSSR count). The number of rotatable bonds is 2. The number of hydrogen-bond donors (Lipinski definition) is 0. The van der Waals surface area contributed by atoms with Gasteiger partial charge in [0.1, 0.15) is 5.01 Å². The van der Waals surface area contributed by atoms with Gasteiger partial charge in [-0.25, -0.2) is 4.98 Å². The van der Waals surface area contributed by atoms with Crippen LogP contribution in [0.1, 0.15) is 5.56 Å². The number of thiazole rings is 1. The Labute approximate surface area is 179 Å². The van der Waals surface area contributed by atoms with Crippen LogP contribution < -0.4 is 0 Å². The van der Waals surface area contributed by atoms with Crippen molar-refractivity contribution in [3.63, 3.8) is 0 Å². The van der Waals surface area contributed by atoms with Crippen molar-refractivity contribution < 1.29 is 0 Å². The molecule has 1 nitrogen and oxygen atoms in total. The van der Waals surface area contributed by atoms with Crippen molar-refractivity contribution in [3.8, 4) is 21.7 Å². The Bertz CT molecular complexity index is 1490. The molecule has 0 saturated carbocycles. The highest BCUT2D eigenvalue weighted by Gasteiger charge is 2.11. The number of aryl methyl sites for hydroxylation is 1. The van der Waals surface area contributed by atoms with Crippen LogP contribution in [0.2, 0.25) is 0 Å². The highest BCUT2D eigenvalue weighted by atomic mass is 32.1. The molecule has 0 aliphatic carbocycles. The fourth-order valence-electron chi connectivity index (χ4n) is 4.26. The highest BCUT2D eigenvalue weighted by molar-refractivity contribution is 7.21. The number of hydrogen-bond acceptors (Lipinski definition) is 2. The Morgan fingerprint density at radius 3 is 1.97 bits per heavy atom. The molecule has 0 aliphatic heterocycles. The molecule has 0 fully saturated rings. The van der Waals surface area contributed by atoms with Gasteiger partial charge in [0.2, 0.25) is 0 Å². The maximum Gasteiger partial charge on any atom is 0.124 e. The van der Waals surface area contributed by atoms with E-state index in [2.05, 4.69) is 104 Å². The normalized spacial score (nSPS) is 11.5. The Balaban J connectivity index is 1.52. The number of nitrogens with zero attached hydrogens (tertiary/aromatic N) is 1. The van der Waals surface area contributed by atoms with Gasteiger partial charge in [-0.3, -0.25) is 0 Å². The molecule has 142 valence electrons. The smallest absolute Gasteiger partial charge is 0.124 e. The van der Waals surface area contributed by atoms with E-state index in [1.165, 1.54) is 48.5 Å². The van der Waals surface area contributed by atoms with Gasteiger partial charge in [0, 0.05) is 5.56 Å². The van der Waals surface area contributed by atoms with E-state index in [-0.39, 0.29) is 0 Å². The average Bonchev–Trinajstić information content (AvgIpc) is 3.21.